The van der Waals surface area contributed by atoms with Gasteiger partial charge in [0.05, 0.1) is 11.2 Å². The molecule has 3 rings (SSSR count). The molecule has 35 heavy (non-hydrogen) atoms. The number of hydrogen-bond donors (Lipinski definition) is 0. The molecular weight excluding hydrogens is 482 g/mol. The molecule has 1 amide bonds. The van der Waals surface area contributed by atoms with Crippen molar-refractivity contribution in [3.63, 3.8) is 0 Å². The summed E-state index contributed by atoms with van der Waals surface area (Å²) in [6, 6.07) is -0.0405. The van der Waals surface area contributed by atoms with Crippen molar-refractivity contribution in [2.24, 2.45) is 11.8 Å². The predicted octanol–water partition coefficient (Wildman–Crippen LogP) is 6.23. The molecule has 0 N–H and O–H groups in total. The van der Waals surface area contributed by atoms with Crippen LogP contribution in [0.5, 0.6) is 0 Å². The number of hydrogen-bond acceptors (Lipinski definition) is 7. The number of carbonyl (C=O) groups is 3. The quantitative estimate of drug-likeness (QED) is 0.301. The van der Waals surface area contributed by atoms with E-state index in [0.29, 0.717) is 12.8 Å². The van der Waals surface area contributed by atoms with Gasteiger partial charge in [-0.25, -0.2) is 9.59 Å². The third kappa shape index (κ3) is 8.17. The smallest absolute Gasteiger partial charge is 0.410 e. The lowest BCUT2D eigenvalue weighted by molar-refractivity contribution is -0.134. The van der Waals surface area contributed by atoms with Gasteiger partial charge in [-0.3, -0.25) is 4.79 Å². The van der Waals surface area contributed by atoms with E-state index in [1.165, 1.54) is 31.1 Å². The van der Waals surface area contributed by atoms with Crippen molar-refractivity contribution < 1.29 is 23.9 Å². The number of amides is 1. The molecule has 6 nitrogen and oxygen atoms in total. The maximum absolute atomic E-state index is 13.4. The third-order valence-electron chi connectivity index (χ3n) is 7.32. The van der Waals surface area contributed by atoms with Gasteiger partial charge in [0.15, 0.2) is 0 Å². The molecule has 8 heteroatoms. The number of allylic oxidation sites excluding steroid dienone is 1. The maximum Gasteiger partial charge on any atom is 0.410 e. The Labute approximate surface area is 219 Å². The van der Waals surface area contributed by atoms with E-state index in [2.05, 4.69) is 30.4 Å². The number of piperidine rings is 1. The van der Waals surface area contributed by atoms with Gasteiger partial charge in [0.1, 0.15) is 11.4 Å². The molecule has 3 fully saturated rings. The molecule has 3 aliphatic rings. The molecule has 1 spiro atoms. The Morgan fingerprint density at radius 2 is 1.77 bits per heavy atom. The average Bonchev–Trinajstić information content (AvgIpc) is 2.77. The zero-order valence-corrected chi connectivity index (χ0v) is 23.7. The van der Waals surface area contributed by atoms with E-state index in [1.54, 1.807) is 0 Å². The Morgan fingerprint density at radius 1 is 1.06 bits per heavy atom. The molecule has 198 valence electrons. The van der Waals surface area contributed by atoms with Crippen LogP contribution in [0.4, 0.5) is 4.79 Å². The number of ketones is 1. The van der Waals surface area contributed by atoms with Crippen molar-refractivity contribution in [1.29, 1.82) is 0 Å². The summed E-state index contributed by atoms with van der Waals surface area (Å²) in [5.41, 5.74) is -0.562. The highest BCUT2D eigenvalue weighted by atomic mass is 32.2. The van der Waals surface area contributed by atoms with Crippen molar-refractivity contribution in [2.75, 3.05) is 18.6 Å². The molecule has 0 radical (unpaired) electrons. The second-order valence-corrected chi connectivity index (χ2v) is 14.5. The molecule has 2 heterocycles. The van der Waals surface area contributed by atoms with Gasteiger partial charge in [-0.1, -0.05) is 6.08 Å². The van der Waals surface area contributed by atoms with E-state index < -0.39 is 5.60 Å². The highest BCUT2D eigenvalue weighted by Gasteiger charge is 2.43. The summed E-state index contributed by atoms with van der Waals surface area (Å²) in [7, 11) is 1.39. The molecule has 0 aromatic carbocycles. The van der Waals surface area contributed by atoms with E-state index in [4.69, 9.17) is 9.47 Å². The molecule has 1 aliphatic carbocycles. The number of ether oxygens (including phenoxy) is 2. The fourth-order valence-electron chi connectivity index (χ4n) is 5.67. The van der Waals surface area contributed by atoms with E-state index in [9.17, 15) is 14.4 Å². The van der Waals surface area contributed by atoms with Crippen LogP contribution in [0.25, 0.3) is 0 Å². The van der Waals surface area contributed by atoms with Crippen LogP contribution in [0, 0.1) is 11.8 Å². The van der Waals surface area contributed by atoms with Crippen LogP contribution in [0.15, 0.2) is 12.2 Å². The minimum absolute atomic E-state index is 0.0696. The molecular formula is C27H43NO5S2. The molecule has 0 aromatic rings. The van der Waals surface area contributed by atoms with Gasteiger partial charge in [-0.05, 0) is 96.0 Å². The van der Waals surface area contributed by atoms with Crippen molar-refractivity contribution in [3.05, 3.63) is 12.2 Å². The minimum atomic E-state index is -0.562. The standard InChI is InChI=1S/C27H43NO5S2/c1-19-8-6-9-22(28(19)25(31)33-26(2,3)4)17-23(29)16-21-18-27(34-14-7-15-35-27)13-12-20(21)10-11-24(30)32-5/h10-11,19-22H,6-9,12-18H2,1-5H3/b11-10-/t19-,20+,21+,22-/m0/s1. The van der Waals surface area contributed by atoms with Crippen LogP contribution in [-0.4, -0.2) is 63.1 Å². The highest BCUT2D eigenvalue weighted by molar-refractivity contribution is 8.18. The lowest BCUT2D eigenvalue weighted by Crippen LogP contribution is -2.51. The summed E-state index contributed by atoms with van der Waals surface area (Å²) >= 11 is 4.12. The van der Waals surface area contributed by atoms with Crippen LogP contribution in [0.2, 0.25) is 0 Å². The molecule has 2 saturated heterocycles. The second-order valence-electron chi connectivity index (χ2n) is 11.3. The summed E-state index contributed by atoms with van der Waals surface area (Å²) < 4.78 is 10.7. The van der Waals surface area contributed by atoms with Gasteiger partial charge >= 0.3 is 12.1 Å². The fraction of sp³-hybridized carbons (Fsp3) is 0.815. The van der Waals surface area contributed by atoms with Crippen molar-refractivity contribution in [1.82, 2.24) is 4.90 Å². The van der Waals surface area contributed by atoms with Crippen molar-refractivity contribution in [2.45, 2.75) is 107 Å². The van der Waals surface area contributed by atoms with Crippen molar-refractivity contribution >= 4 is 41.4 Å². The molecule has 0 unspecified atom stereocenters. The second kappa shape index (κ2) is 12.4. The van der Waals surface area contributed by atoms with E-state index >= 15 is 0 Å². The number of esters is 1. The predicted molar refractivity (Wildman–Crippen MR) is 144 cm³/mol. The van der Waals surface area contributed by atoms with Crippen LogP contribution < -0.4 is 0 Å². The van der Waals surface area contributed by atoms with Crippen LogP contribution in [0.3, 0.4) is 0 Å². The average molecular weight is 526 g/mol. The summed E-state index contributed by atoms with van der Waals surface area (Å²) in [5.74, 6) is 2.62. The summed E-state index contributed by atoms with van der Waals surface area (Å²) in [4.78, 5) is 40.0. The summed E-state index contributed by atoms with van der Waals surface area (Å²) in [6.07, 6.45) is 11.1. The topological polar surface area (TPSA) is 72.9 Å². The SMILES string of the molecule is COC(=O)/C=C\[C@@H]1CCC2(C[C@H]1CC(=O)C[C@@H]1CCC[C@H](C)N1C(=O)OC(C)(C)C)SCCCS2. The molecule has 2 aliphatic heterocycles. The summed E-state index contributed by atoms with van der Waals surface area (Å²) in [5, 5.41) is 0. The lowest BCUT2D eigenvalue weighted by atomic mass is 9.75. The Hall–Kier alpha value is -1.15. The highest BCUT2D eigenvalue weighted by Crippen LogP contribution is 2.55. The van der Waals surface area contributed by atoms with Gasteiger partial charge in [-0.15, -0.1) is 23.5 Å². The van der Waals surface area contributed by atoms with Crippen LogP contribution in [-0.2, 0) is 19.1 Å². The maximum atomic E-state index is 13.4. The van der Waals surface area contributed by atoms with Gasteiger partial charge in [0, 0.05) is 31.0 Å². The Bertz CT molecular complexity index is 787. The lowest BCUT2D eigenvalue weighted by Gasteiger charge is -2.45. The first-order valence-corrected chi connectivity index (χ1v) is 15.1. The first kappa shape index (κ1) is 28.4. The number of nitrogens with zero attached hydrogens (tertiary/aromatic N) is 1. The van der Waals surface area contributed by atoms with E-state index in [-0.39, 0.29) is 45.8 Å². The number of rotatable bonds is 6. The van der Waals surface area contributed by atoms with Gasteiger partial charge in [0.2, 0.25) is 0 Å². The van der Waals surface area contributed by atoms with E-state index in [0.717, 1.165) is 38.5 Å². The third-order valence-corrected chi connectivity index (χ3v) is 10.8. The van der Waals surface area contributed by atoms with Crippen LogP contribution >= 0.6 is 23.5 Å². The normalized spacial score (nSPS) is 29.2. The largest absolute Gasteiger partial charge is 0.466 e. The first-order chi connectivity index (χ1) is 16.5. The Morgan fingerprint density at radius 3 is 2.43 bits per heavy atom. The number of Topliss-reactive ketones (excluding diaryl/α,β-unsaturated/α-hetero) is 1. The zero-order chi connectivity index (χ0) is 25.6. The van der Waals surface area contributed by atoms with Gasteiger partial charge < -0.3 is 14.4 Å². The van der Waals surface area contributed by atoms with Gasteiger partial charge in [0.25, 0.3) is 0 Å². The number of carbonyl (C=O) groups excluding carboxylic acids is 3. The Balaban J connectivity index is 1.70. The summed E-state index contributed by atoms with van der Waals surface area (Å²) in [6.45, 7) is 7.68. The van der Waals surface area contributed by atoms with Gasteiger partial charge in [-0.2, -0.15) is 0 Å². The molecule has 4 atom stereocenters. The van der Waals surface area contributed by atoms with E-state index in [1.807, 2.05) is 31.7 Å². The molecule has 0 aromatic heterocycles. The van der Waals surface area contributed by atoms with Crippen molar-refractivity contribution in [3.8, 4) is 0 Å². The minimum Gasteiger partial charge on any atom is -0.466 e. The fourth-order valence-corrected chi connectivity index (χ4v) is 9.20. The zero-order valence-electron chi connectivity index (χ0n) is 22.0. The number of likely N-dealkylation sites (tertiary alicyclic amines) is 1. The number of thioether (sulfide) groups is 2. The monoisotopic (exact) mass is 525 g/mol. The van der Waals surface area contributed by atoms with Crippen LogP contribution in [0.1, 0.15) is 85.5 Å². The Kier molecular flexibility index (Phi) is 10.1. The number of methoxy groups -OCH3 is 1. The molecule has 1 saturated carbocycles. The molecule has 0 bridgehead atoms. The first-order valence-electron chi connectivity index (χ1n) is 13.1.